The minimum atomic E-state index is 0.0713. The van der Waals surface area contributed by atoms with Crippen LogP contribution in [-0.4, -0.2) is 46.0 Å². The Hall–Kier alpha value is -3.15. The van der Waals surface area contributed by atoms with Gasteiger partial charge in [-0.05, 0) is 43.5 Å². The summed E-state index contributed by atoms with van der Waals surface area (Å²) in [5.41, 5.74) is 10.5. The average molecular weight is 372 g/mol. The molecule has 0 radical (unpaired) electrons. The second-order valence-electron chi connectivity index (χ2n) is 7.77. The van der Waals surface area contributed by atoms with Crippen LogP contribution in [0.15, 0.2) is 59.7 Å². The van der Waals surface area contributed by atoms with E-state index in [9.17, 15) is 0 Å². The number of guanidine groups is 1. The Balaban J connectivity index is 1.39. The number of aryl methyl sites for hydroxylation is 1. The molecule has 1 saturated carbocycles. The van der Waals surface area contributed by atoms with Crippen molar-refractivity contribution in [2.75, 3.05) is 24.5 Å². The van der Waals surface area contributed by atoms with E-state index in [0.29, 0.717) is 5.96 Å². The molecular formula is C22H24N6. The first-order chi connectivity index (χ1) is 13.6. The molecule has 28 heavy (non-hydrogen) atoms. The summed E-state index contributed by atoms with van der Waals surface area (Å²) in [6.07, 6.45) is 4.15. The molecule has 2 aliphatic rings. The summed E-state index contributed by atoms with van der Waals surface area (Å²) in [6.45, 7) is 4.67. The summed E-state index contributed by atoms with van der Waals surface area (Å²) in [6, 6.07) is 16.1. The van der Waals surface area contributed by atoms with Gasteiger partial charge in [0.1, 0.15) is 5.82 Å². The van der Waals surface area contributed by atoms with Crippen molar-refractivity contribution in [2.24, 2.45) is 10.7 Å². The number of anilines is 1. The van der Waals surface area contributed by atoms with Crippen LogP contribution in [0.3, 0.4) is 0 Å². The minimum Gasteiger partial charge on any atom is -0.369 e. The SMILES string of the molecule is Cc1ccccc1N=C(N)N1CCN(c2cnc3ccccc3n2)CC12CC2. The van der Waals surface area contributed by atoms with E-state index in [1.807, 2.05) is 48.7 Å². The van der Waals surface area contributed by atoms with Crippen molar-refractivity contribution in [3.05, 3.63) is 60.3 Å². The third kappa shape index (κ3) is 2.95. The van der Waals surface area contributed by atoms with Crippen LogP contribution < -0.4 is 10.6 Å². The molecule has 1 aromatic heterocycles. The Morgan fingerprint density at radius 3 is 2.57 bits per heavy atom. The first-order valence-electron chi connectivity index (χ1n) is 9.79. The Morgan fingerprint density at radius 1 is 1.04 bits per heavy atom. The van der Waals surface area contributed by atoms with Crippen LogP contribution in [0.25, 0.3) is 11.0 Å². The van der Waals surface area contributed by atoms with E-state index in [-0.39, 0.29) is 5.54 Å². The summed E-state index contributed by atoms with van der Waals surface area (Å²) in [4.78, 5) is 18.8. The van der Waals surface area contributed by atoms with Crippen molar-refractivity contribution in [2.45, 2.75) is 25.3 Å². The molecule has 0 atom stereocenters. The quantitative estimate of drug-likeness (QED) is 0.552. The molecule has 0 bridgehead atoms. The van der Waals surface area contributed by atoms with E-state index < -0.39 is 0 Å². The fourth-order valence-electron chi connectivity index (χ4n) is 4.08. The number of nitrogens with two attached hydrogens (primary N) is 1. The van der Waals surface area contributed by atoms with Crippen molar-refractivity contribution in [1.29, 1.82) is 0 Å². The second kappa shape index (κ2) is 6.48. The average Bonchev–Trinajstić information content (AvgIpc) is 3.48. The molecule has 0 unspecified atom stereocenters. The topological polar surface area (TPSA) is 70.6 Å². The maximum Gasteiger partial charge on any atom is 0.197 e. The largest absolute Gasteiger partial charge is 0.369 e. The Bertz CT molecular complexity index is 1060. The Labute approximate surface area is 164 Å². The van der Waals surface area contributed by atoms with Crippen molar-refractivity contribution in [3.63, 3.8) is 0 Å². The highest BCUT2D eigenvalue weighted by Gasteiger charge is 2.52. The third-order valence-electron chi connectivity index (χ3n) is 5.87. The highest BCUT2D eigenvalue weighted by atomic mass is 15.4. The third-order valence-corrected chi connectivity index (χ3v) is 5.87. The molecule has 2 aromatic carbocycles. The van der Waals surface area contributed by atoms with Gasteiger partial charge in [-0.2, -0.15) is 0 Å². The smallest absolute Gasteiger partial charge is 0.197 e. The zero-order valence-electron chi connectivity index (χ0n) is 16.0. The Morgan fingerprint density at radius 2 is 1.79 bits per heavy atom. The number of nitrogens with zero attached hydrogens (tertiary/aromatic N) is 5. The predicted octanol–water partition coefficient (Wildman–Crippen LogP) is 3.24. The molecule has 1 aliphatic heterocycles. The van der Waals surface area contributed by atoms with Crippen LogP contribution in [0, 0.1) is 6.92 Å². The molecule has 142 valence electrons. The van der Waals surface area contributed by atoms with Gasteiger partial charge in [0, 0.05) is 19.6 Å². The highest BCUT2D eigenvalue weighted by molar-refractivity contribution is 5.83. The molecule has 2 heterocycles. The number of rotatable bonds is 2. The fraction of sp³-hybridized carbons (Fsp3) is 0.318. The van der Waals surface area contributed by atoms with Gasteiger partial charge in [0.05, 0.1) is 28.5 Å². The van der Waals surface area contributed by atoms with Gasteiger partial charge in [0.15, 0.2) is 5.96 Å². The molecule has 6 heteroatoms. The summed E-state index contributed by atoms with van der Waals surface area (Å²) in [7, 11) is 0. The monoisotopic (exact) mass is 372 g/mol. The van der Waals surface area contributed by atoms with Gasteiger partial charge in [-0.25, -0.2) is 9.98 Å². The van der Waals surface area contributed by atoms with Gasteiger partial charge in [0.2, 0.25) is 0 Å². The molecule has 6 nitrogen and oxygen atoms in total. The van der Waals surface area contributed by atoms with Crippen LogP contribution in [0.2, 0.25) is 0 Å². The van der Waals surface area contributed by atoms with E-state index in [2.05, 4.69) is 27.8 Å². The van der Waals surface area contributed by atoms with E-state index in [4.69, 9.17) is 15.7 Å². The molecule has 5 rings (SSSR count). The zero-order valence-corrected chi connectivity index (χ0v) is 16.0. The fourth-order valence-corrected chi connectivity index (χ4v) is 4.08. The molecule has 3 aromatic rings. The molecule has 2 N–H and O–H groups in total. The maximum absolute atomic E-state index is 6.45. The van der Waals surface area contributed by atoms with E-state index in [0.717, 1.165) is 60.6 Å². The maximum atomic E-state index is 6.45. The van der Waals surface area contributed by atoms with Crippen LogP contribution in [-0.2, 0) is 0 Å². The first-order valence-corrected chi connectivity index (χ1v) is 9.79. The lowest BCUT2D eigenvalue weighted by molar-refractivity contribution is 0.256. The number of hydrogen-bond donors (Lipinski definition) is 1. The van der Waals surface area contributed by atoms with Crippen molar-refractivity contribution in [1.82, 2.24) is 14.9 Å². The number of aliphatic imine (C=N–C) groups is 1. The lowest BCUT2D eigenvalue weighted by atomic mass is 10.1. The zero-order chi connectivity index (χ0) is 19.1. The number of aromatic nitrogens is 2. The number of benzene rings is 2. The van der Waals surface area contributed by atoms with Gasteiger partial charge in [0.25, 0.3) is 0 Å². The summed E-state index contributed by atoms with van der Waals surface area (Å²) in [5, 5.41) is 0. The number of fused-ring (bicyclic) bond motifs is 1. The van der Waals surface area contributed by atoms with Crippen LogP contribution >= 0.6 is 0 Å². The minimum absolute atomic E-state index is 0.0713. The van der Waals surface area contributed by atoms with Gasteiger partial charge < -0.3 is 15.5 Å². The van der Waals surface area contributed by atoms with E-state index in [1.54, 1.807) is 0 Å². The van der Waals surface area contributed by atoms with Crippen LogP contribution in [0.5, 0.6) is 0 Å². The van der Waals surface area contributed by atoms with Gasteiger partial charge in [-0.1, -0.05) is 30.3 Å². The molecule has 0 amide bonds. The first kappa shape index (κ1) is 17.0. The van der Waals surface area contributed by atoms with E-state index in [1.165, 1.54) is 0 Å². The second-order valence-corrected chi connectivity index (χ2v) is 7.77. The predicted molar refractivity (Wildman–Crippen MR) is 113 cm³/mol. The highest BCUT2D eigenvalue weighted by Crippen LogP contribution is 2.45. The lowest BCUT2D eigenvalue weighted by Crippen LogP contribution is -2.59. The van der Waals surface area contributed by atoms with E-state index >= 15 is 0 Å². The Kier molecular flexibility index (Phi) is 3.93. The molecule has 2 fully saturated rings. The van der Waals surface area contributed by atoms with Gasteiger partial charge >= 0.3 is 0 Å². The molecule has 1 aliphatic carbocycles. The summed E-state index contributed by atoms with van der Waals surface area (Å²) >= 11 is 0. The van der Waals surface area contributed by atoms with Crippen molar-refractivity contribution in [3.8, 4) is 0 Å². The van der Waals surface area contributed by atoms with Gasteiger partial charge in [-0.3, -0.25) is 4.98 Å². The standard InChI is InChI=1S/C22H24N6/c1-16-6-2-3-7-17(16)26-21(23)28-13-12-27(15-22(28)10-11-22)20-14-24-18-8-4-5-9-19(18)25-20/h2-9,14H,10-13,15H2,1H3,(H2,23,26). The number of piperazine rings is 1. The van der Waals surface area contributed by atoms with Crippen molar-refractivity contribution < 1.29 is 0 Å². The van der Waals surface area contributed by atoms with Crippen LogP contribution in [0.4, 0.5) is 11.5 Å². The molecular weight excluding hydrogens is 348 g/mol. The molecule has 1 saturated heterocycles. The lowest BCUT2D eigenvalue weighted by Gasteiger charge is -2.43. The van der Waals surface area contributed by atoms with Gasteiger partial charge in [-0.15, -0.1) is 0 Å². The number of para-hydroxylation sites is 3. The summed E-state index contributed by atoms with van der Waals surface area (Å²) < 4.78 is 0. The normalized spacial score (nSPS) is 18.7. The van der Waals surface area contributed by atoms with Crippen LogP contribution in [0.1, 0.15) is 18.4 Å². The van der Waals surface area contributed by atoms with Crippen molar-refractivity contribution >= 4 is 28.5 Å². The number of hydrogen-bond acceptors (Lipinski definition) is 4. The summed E-state index contributed by atoms with van der Waals surface area (Å²) in [5.74, 6) is 1.56. The molecule has 1 spiro atoms.